The highest BCUT2D eigenvalue weighted by Gasteiger charge is 2.16. The number of amides is 1. The summed E-state index contributed by atoms with van der Waals surface area (Å²) in [6, 6.07) is 12.4. The number of hydrogen-bond acceptors (Lipinski definition) is 4. The molecule has 0 spiro atoms. The van der Waals surface area contributed by atoms with E-state index in [-0.39, 0.29) is 11.8 Å². The molecule has 1 amide bonds. The number of methoxy groups -OCH3 is 1. The topological polar surface area (TPSA) is 50.8 Å². The van der Waals surface area contributed by atoms with Gasteiger partial charge in [-0.2, -0.15) is 0 Å². The van der Waals surface area contributed by atoms with Crippen LogP contribution in [0.2, 0.25) is 0 Å². The van der Waals surface area contributed by atoms with Crippen molar-refractivity contribution >= 4 is 5.91 Å². The van der Waals surface area contributed by atoms with E-state index in [1.807, 2.05) is 19.1 Å². The first-order valence-electron chi connectivity index (χ1n) is 10.3. The quantitative estimate of drug-likeness (QED) is 0.771. The van der Waals surface area contributed by atoms with E-state index in [0.717, 1.165) is 55.3 Å². The zero-order chi connectivity index (χ0) is 20.8. The molecule has 1 saturated heterocycles. The Kier molecular flexibility index (Phi) is 7.29. The van der Waals surface area contributed by atoms with Crippen molar-refractivity contribution in [3.8, 4) is 5.75 Å². The van der Waals surface area contributed by atoms with E-state index >= 15 is 0 Å². The Morgan fingerprint density at radius 1 is 1.14 bits per heavy atom. The van der Waals surface area contributed by atoms with E-state index in [2.05, 4.69) is 48.3 Å². The number of hydrogen-bond donors (Lipinski definition) is 1. The molecule has 0 aliphatic carbocycles. The van der Waals surface area contributed by atoms with Crippen molar-refractivity contribution in [1.82, 2.24) is 10.2 Å². The third-order valence-corrected chi connectivity index (χ3v) is 5.43. The average molecular weight is 397 g/mol. The minimum Gasteiger partial charge on any atom is -0.496 e. The van der Waals surface area contributed by atoms with Crippen molar-refractivity contribution < 1.29 is 14.3 Å². The predicted octanol–water partition coefficient (Wildman–Crippen LogP) is 3.89. The number of morpholine rings is 1. The number of nitrogens with one attached hydrogen (secondary N) is 1. The van der Waals surface area contributed by atoms with Gasteiger partial charge in [-0.3, -0.25) is 9.69 Å². The lowest BCUT2D eigenvalue weighted by atomic mass is 9.96. The van der Waals surface area contributed by atoms with Gasteiger partial charge in [0, 0.05) is 31.7 Å². The molecule has 0 unspecified atom stereocenters. The van der Waals surface area contributed by atoms with E-state index in [0.29, 0.717) is 12.1 Å². The molecule has 0 saturated carbocycles. The second-order valence-corrected chi connectivity index (χ2v) is 7.95. The molecule has 5 heteroatoms. The lowest BCUT2D eigenvalue weighted by Gasteiger charge is -2.26. The van der Waals surface area contributed by atoms with E-state index in [1.54, 1.807) is 7.11 Å². The Labute approximate surface area is 174 Å². The summed E-state index contributed by atoms with van der Waals surface area (Å²) in [7, 11) is 1.67. The fraction of sp³-hybridized carbons (Fsp3) is 0.458. The van der Waals surface area contributed by atoms with Crippen LogP contribution in [-0.4, -0.2) is 44.2 Å². The maximum atomic E-state index is 12.8. The fourth-order valence-corrected chi connectivity index (χ4v) is 3.63. The van der Waals surface area contributed by atoms with Gasteiger partial charge in [0.15, 0.2) is 0 Å². The van der Waals surface area contributed by atoms with Crippen molar-refractivity contribution in [3.05, 3.63) is 64.2 Å². The van der Waals surface area contributed by atoms with Crippen LogP contribution in [0.25, 0.3) is 0 Å². The van der Waals surface area contributed by atoms with Gasteiger partial charge in [0.25, 0.3) is 5.91 Å². The first-order chi connectivity index (χ1) is 14.0. The molecule has 0 aromatic heterocycles. The number of nitrogens with zero attached hydrogens (tertiary/aromatic N) is 1. The lowest BCUT2D eigenvalue weighted by Crippen LogP contribution is -2.35. The summed E-state index contributed by atoms with van der Waals surface area (Å²) in [5, 5.41) is 3.05. The smallest absolute Gasteiger partial charge is 0.251 e. The largest absolute Gasteiger partial charge is 0.496 e. The molecule has 0 atom stereocenters. The Hall–Kier alpha value is -2.37. The number of benzene rings is 2. The number of carbonyl (C=O) groups is 1. The number of rotatable bonds is 7. The van der Waals surface area contributed by atoms with Gasteiger partial charge >= 0.3 is 0 Å². The highest BCUT2D eigenvalue weighted by molar-refractivity contribution is 5.96. The summed E-state index contributed by atoms with van der Waals surface area (Å²) < 4.78 is 10.9. The lowest BCUT2D eigenvalue weighted by molar-refractivity contribution is 0.0342. The summed E-state index contributed by atoms with van der Waals surface area (Å²) in [5.41, 5.74) is 5.06. The molecule has 1 heterocycles. The van der Waals surface area contributed by atoms with Gasteiger partial charge in [-0.05, 0) is 47.2 Å². The van der Waals surface area contributed by atoms with E-state index < -0.39 is 0 Å². The summed E-state index contributed by atoms with van der Waals surface area (Å²) in [4.78, 5) is 15.2. The van der Waals surface area contributed by atoms with Crippen LogP contribution in [0.1, 0.15) is 52.4 Å². The normalized spacial score (nSPS) is 14.8. The minimum absolute atomic E-state index is 0.0514. The average Bonchev–Trinajstić information content (AvgIpc) is 2.73. The van der Waals surface area contributed by atoms with Crippen LogP contribution < -0.4 is 10.1 Å². The predicted molar refractivity (Wildman–Crippen MR) is 116 cm³/mol. The molecule has 1 aliphatic rings. The van der Waals surface area contributed by atoms with Crippen LogP contribution >= 0.6 is 0 Å². The fourth-order valence-electron chi connectivity index (χ4n) is 3.63. The van der Waals surface area contributed by atoms with Gasteiger partial charge < -0.3 is 14.8 Å². The van der Waals surface area contributed by atoms with E-state index in [1.165, 1.54) is 5.56 Å². The maximum Gasteiger partial charge on any atom is 0.251 e. The molecular weight excluding hydrogens is 364 g/mol. The second kappa shape index (κ2) is 9.90. The molecular formula is C24H32N2O3. The maximum absolute atomic E-state index is 12.8. The molecule has 2 aromatic carbocycles. The monoisotopic (exact) mass is 396 g/mol. The van der Waals surface area contributed by atoms with Crippen molar-refractivity contribution in [2.45, 2.75) is 39.8 Å². The van der Waals surface area contributed by atoms with Crippen molar-refractivity contribution in [3.63, 3.8) is 0 Å². The molecule has 3 rings (SSSR count). The molecule has 0 bridgehead atoms. The van der Waals surface area contributed by atoms with Gasteiger partial charge in [0.05, 0.1) is 20.3 Å². The Balaban J connectivity index is 1.61. The van der Waals surface area contributed by atoms with Gasteiger partial charge in [0.1, 0.15) is 5.75 Å². The first-order valence-corrected chi connectivity index (χ1v) is 10.3. The first kappa shape index (κ1) is 21.3. The highest BCUT2D eigenvalue weighted by atomic mass is 16.5. The zero-order valence-corrected chi connectivity index (χ0v) is 18.0. The molecule has 156 valence electrons. The Morgan fingerprint density at radius 2 is 1.79 bits per heavy atom. The van der Waals surface area contributed by atoms with Crippen LogP contribution in [0.15, 0.2) is 36.4 Å². The molecule has 1 aliphatic heterocycles. The molecule has 29 heavy (non-hydrogen) atoms. The number of carbonyl (C=O) groups excluding carboxylic acids is 1. The highest BCUT2D eigenvalue weighted by Crippen LogP contribution is 2.29. The molecule has 5 nitrogen and oxygen atoms in total. The van der Waals surface area contributed by atoms with E-state index in [9.17, 15) is 4.79 Å². The van der Waals surface area contributed by atoms with Gasteiger partial charge in [0.2, 0.25) is 0 Å². The zero-order valence-electron chi connectivity index (χ0n) is 18.0. The Morgan fingerprint density at radius 3 is 2.41 bits per heavy atom. The number of ether oxygens (including phenoxy) is 2. The Bertz CT molecular complexity index is 825. The van der Waals surface area contributed by atoms with Gasteiger partial charge in [-0.25, -0.2) is 0 Å². The van der Waals surface area contributed by atoms with Gasteiger partial charge in [-0.15, -0.1) is 0 Å². The van der Waals surface area contributed by atoms with Crippen molar-refractivity contribution in [2.75, 3.05) is 33.4 Å². The standard InChI is InChI=1S/C24H32N2O3/c1-17(2)21-14-22(18(3)13-23(21)28-4)24(27)25-15-19-5-7-20(8-6-19)16-26-9-11-29-12-10-26/h5-8,13-14,17H,9-12,15-16H2,1-4H3,(H,25,27). The third kappa shape index (κ3) is 5.58. The number of aryl methyl sites for hydroxylation is 1. The summed E-state index contributed by atoms with van der Waals surface area (Å²) in [6.07, 6.45) is 0. The van der Waals surface area contributed by atoms with E-state index in [4.69, 9.17) is 9.47 Å². The van der Waals surface area contributed by atoms with Crippen LogP contribution in [0, 0.1) is 6.92 Å². The SMILES string of the molecule is COc1cc(C)c(C(=O)NCc2ccc(CN3CCOCC3)cc2)cc1C(C)C. The van der Waals surface area contributed by atoms with Crippen molar-refractivity contribution in [2.24, 2.45) is 0 Å². The third-order valence-electron chi connectivity index (χ3n) is 5.43. The molecule has 1 fully saturated rings. The second-order valence-electron chi connectivity index (χ2n) is 7.95. The summed E-state index contributed by atoms with van der Waals surface area (Å²) >= 11 is 0. The minimum atomic E-state index is -0.0514. The summed E-state index contributed by atoms with van der Waals surface area (Å²) in [6.45, 7) is 11.2. The molecule has 2 aromatic rings. The van der Waals surface area contributed by atoms with Crippen LogP contribution in [0.3, 0.4) is 0 Å². The molecule has 1 N–H and O–H groups in total. The van der Waals surface area contributed by atoms with Crippen molar-refractivity contribution in [1.29, 1.82) is 0 Å². The van der Waals surface area contributed by atoms with Crippen LogP contribution in [0.5, 0.6) is 5.75 Å². The summed E-state index contributed by atoms with van der Waals surface area (Å²) in [5.74, 6) is 1.07. The van der Waals surface area contributed by atoms with Crippen LogP contribution in [0.4, 0.5) is 0 Å². The van der Waals surface area contributed by atoms with Gasteiger partial charge in [-0.1, -0.05) is 38.1 Å². The van der Waals surface area contributed by atoms with Crippen LogP contribution in [-0.2, 0) is 17.8 Å². The molecule has 0 radical (unpaired) electrons.